The molecule has 2 aliphatic rings. The number of benzene rings is 1. The minimum atomic E-state index is -0.342. The fraction of sp³-hybridized carbons (Fsp3) is 0.667. The Morgan fingerprint density at radius 1 is 1.28 bits per heavy atom. The van der Waals surface area contributed by atoms with Crippen LogP contribution in [0, 0.1) is 5.41 Å². The van der Waals surface area contributed by atoms with Gasteiger partial charge in [0.1, 0.15) is 0 Å². The lowest BCUT2D eigenvalue weighted by molar-refractivity contribution is -0.126. The molecular weight excluding hydrogens is 310 g/mol. The lowest BCUT2D eigenvalue weighted by Crippen LogP contribution is -2.48. The molecule has 4 heteroatoms. The van der Waals surface area contributed by atoms with Crippen LogP contribution < -0.4 is 10.2 Å². The van der Waals surface area contributed by atoms with Crippen molar-refractivity contribution in [3.8, 4) is 0 Å². The maximum atomic E-state index is 12.8. The van der Waals surface area contributed by atoms with Crippen molar-refractivity contribution in [2.75, 3.05) is 31.1 Å². The zero-order chi connectivity index (χ0) is 18.2. The summed E-state index contributed by atoms with van der Waals surface area (Å²) in [4.78, 5) is 17.4. The third-order valence-electron chi connectivity index (χ3n) is 5.53. The fourth-order valence-corrected chi connectivity index (χ4v) is 4.08. The first-order valence-corrected chi connectivity index (χ1v) is 9.67. The molecule has 1 fully saturated rings. The third kappa shape index (κ3) is 3.90. The van der Waals surface area contributed by atoms with Crippen LogP contribution in [0.2, 0.25) is 0 Å². The lowest BCUT2D eigenvalue weighted by Gasteiger charge is -2.33. The van der Waals surface area contributed by atoms with E-state index in [1.165, 1.54) is 11.1 Å². The van der Waals surface area contributed by atoms with E-state index in [1.54, 1.807) is 0 Å². The molecule has 0 spiro atoms. The number of rotatable bonds is 3. The Morgan fingerprint density at radius 2 is 1.96 bits per heavy atom. The number of hydrogen-bond donors (Lipinski definition) is 1. The molecule has 1 aromatic carbocycles. The number of nitrogens with zero attached hydrogens (tertiary/aromatic N) is 2. The Morgan fingerprint density at radius 3 is 2.60 bits per heavy atom. The molecule has 1 saturated heterocycles. The number of carbonyl (C=O) groups is 1. The molecule has 0 aliphatic carbocycles. The van der Waals surface area contributed by atoms with Crippen LogP contribution in [0.1, 0.15) is 45.7 Å². The minimum absolute atomic E-state index is 0.223. The van der Waals surface area contributed by atoms with Gasteiger partial charge in [0.2, 0.25) is 5.91 Å². The maximum Gasteiger partial charge on any atom is 0.232 e. The predicted molar refractivity (Wildman–Crippen MR) is 104 cm³/mol. The predicted octanol–water partition coefficient (Wildman–Crippen LogP) is 2.85. The Balaban J connectivity index is 1.75. The molecule has 3 rings (SSSR count). The molecule has 2 atom stereocenters. The topological polar surface area (TPSA) is 35.6 Å². The summed E-state index contributed by atoms with van der Waals surface area (Å²) in [5.74, 6) is 0.223. The molecule has 138 valence electrons. The average molecular weight is 344 g/mol. The highest BCUT2D eigenvalue weighted by Crippen LogP contribution is 2.36. The highest BCUT2D eigenvalue weighted by Gasteiger charge is 2.36. The lowest BCUT2D eigenvalue weighted by atomic mass is 9.94. The molecule has 0 bridgehead atoms. The summed E-state index contributed by atoms with van der Waals surface area (Å²) in [5, 5.41) is 3.42. The van der Waals surface area contributed by atoms with Crippen LogP contribution in [0.15, 0.2) is 18.2 Å². The second-order valence-corrected chi connectivity index (χ2v) is 8.78. The van der Waals surface area contributed by atoms with E-state index in [0.717, 1.165) is 44.7 Å². The molecule has 1 amide bonds. The Hall–Kier alpha value is -1.39. The second kappa shape index (κ2) is 7.08. The van der Waals surface area contributed by atoms with Crippen LogP contribution in [0.3, 0.4) is 0 Å². The van der Waals surface area contributed by atoms with E-state index >= 15 is 0 Å². The Labute approximate surface area is 152 Å². The number of amides is 1. The number of anilines is 1. The van der Waals surface area contributed by atoms with Crippen molar-refractivity contribution in [3.05, 3.63) is 29.3 Å². The Kier molecular flexibility index (Phi) is 5.21. The van der Waals surface area contributed by atoms with Crippen molar-refractivity contribution >= 4 is 11.6 Å². The van der Waals surface area contributed by atoms with Gasteiger partial charge in [-0.3, -0.25) is 9.69 Å². The normalized spacial score (nSPS) is 22.8. The van der Waals surface area contributed by atoms with E-state index in [2.05, 4.69) is 42.3 Å². The van der Waals surface area contributed by atoms with Crippen LogP contribution in [-0.2, 0) is 17.6 Å². The minimum Gasteiger partial charge on any atom is -0.314 e. The molecule has 2 heterocycles. The van der Waals surface area contributed by atoms with Crippen molar-refractivity contribution in [1.82, 2.24) is 10.2 Å². The van der Waals surface area contributed by atoms with Crippen molar-refractivity contribution < 1.29 is 4.79 Å². The summed E-state index contributed by atoms with van der Waals surface area (Å²) in [5.41, 5.74) is 3.49. The van der Waals surface area contributed by atoms with Gasteiger partial charge in [-0.15, -0.1) is 0 Å². The zero-order valence-corrected chi connectivity index (χ0v) is 16.4. The van der Waals surface area contributed by atoms with E-state index in [4.69, 9.17) is 0 Å². The second-order valence-electron chi connectivity index (χ2n) is 8.78. The molecule has 1 N–H and O–H groups in total. The van der Waals surface area contributed by atoms with Crippen LogP contribution in [0.25, 0.3) is 0 Å². The van der Waals surface area contributed by atoms with Crippen LogP contribution in [0.5, 0.6) is 0 Å². The number of hydrogen-bond acceptors (Lipinski definition) is 3. The van der Waals surface area contributed by atoms with Gasteiger partial charge in [0, 0.05) is 49.4 Å². The van der Waals surface area contributed by atoms with Gasteiger partial charge in [-0.05, 0) is 43.9 Å². The van der Waals surface area contributed by atoms with E-state index in [1.807, 2.05) is 25.7 Å². The van der Waals surface area contributed by atoms with E-state index in [-0.39, 0.29) is 17.4 Å². The molecule has 1 aromatic rings. The molecular formula is C21H33N3O. The quantitative estimate of drug-likeness (QED) is 0.917. The van der Waals surface area contributed by atoms with Gasteiger partial charge in [-0.25, -0.2) is 0 Å². The van der Waals surface area contributed by atoms with Crippen molar-refractivity contribution in [2.24, 2.45) is 5.41 Å². The maximum absolute atomic E-state index is 12.8. The zero-order valence-electron chi connectivity index (χ0n) is 16.4. The summed E-state index contributed by atoms with van der Waals surface area (Å²) >= 11 is 0. The first-order chi connectivity index (χ1) is 11.8. The average Bonchev–Trinajstić information content (AvgIpc) is 2.89. The molecule has 2 aliphatic heterocycles. The van der Waals surface area contributed by atoms with E-state index in [9.17, 15) is 4.79 Å². The molecule has 0 radical (unpaired) electrons. The summed E-state index contributed by atoms with van der Waals surface area (Å²) in [7, 11) is 0. The molecule has 4 nitrogen and oxygen atoms in total. The summed E-state index contributed by atoms with van der Waals surface area (Å²) in [6, 6.07) is 7.54. The van der Waals surface area contributed by atoms with Crippen LogP contribution >= 0.6 is 0 Å². The van der Waals surface area contributed by atoms with Gasteiger partial charge >= 0.3 is 0 Å². The largest absolute Gasteiger partial charge is 0.314 e. The van der Waals surface area contributed by atoms with Gasteiger partial charge in [0.25, 0.3) is 0 Å². The highest BCUT2D eigenvalue weighted by molar-refractivity contribution is 5.99. The van der Waals surface area contributed by atoms with Crippen molar-refractivity contribution in [3.63, 3.8) is 0 Å². The Bertz CT molecular complexity index is 629. The van der Waals surface area contributed by atoms with Crippen LogP contribution in [-0.4, -0.2) is 49.1 Å². The van der Waals surface area contributed by atoms with E-state index < -0.39 is 0 Å². The number of nitrogens with one attached hydrogen (secondary N) is 1. The summed E-state index contributed by atoms with van der Waals surface area (Å²) in [6.45, 7) is 15.0. The van der Waals surface area contributed by atoms with Gasteiger partial charge in [0.15, 0.2) is 0 Å². The van der Waals surface area contributed by atoms with Gasteiger partial charge in [-0.1, -0.05) is 32.9 Å². The summed E-state index contributed by atoms with van der Waals surface area (Å²) < 4.78 is 0. The highest BCUT2D eigenvalue weighted by atomic mass is 16.2. The summed E-state index contributed by atoms with van der Waals surface area (Å²) in [6.07, 6.45) is 2.04. The van der Waals surface area contributed by atoms with Crippen molar-refractivity contribution in [2.45, 2.75) is 59.5 Å². The van der Waals surface area contributed by atoms with Gasteiger partial charge in [-0.2, -0.15) is 0 Å². The SMILES string of the molecule is CC(Cc1ccc2c(c1)CC(C)N2C(=O)C(C)(C)C)N1CCNCC1. The fourth-order valence-electron chi connectivity index (χ4n) is 4.08. The monoisotopic (exact) mass is 343 g/mol. The molecule has 0 aromatic heterocycles. The number of carbonyl (C=O) groups excluding carboxylic acids is 1. The standard InChI is InChI=1S/C21H33N3O/c1-15(23-10-8-22-9-11-23)12-17-6-7-19-18(14-17)13-16(2)24(19)20(25)21(3,4)5/h6-7,14-16,22H,8-13H2,1-5H3. The first kappa shape index (κ1) is 18.4. The number of fused-ring (bicyclic) bond motifs is 1. The van der Waals surface area contributed by atoms with E-state index in [0.29, 0.717) is 6.04 Å². The molecule has 0 saturated carbocycles. The van der Waals surface area contributed by atoms with Gasteiger partial charge in [0.05, 0.1) is 0 Å². The smallest absolute Gasteiger partial charge is 0.232 e. The first-order valence-electron chi connectivity index (χ1n) is 9.67. The molecule has 2 unspecified atom stereocenters. The van der Waals surface area contributed by atoms with Crippen molar-refractivity contribution in [1.29, 1.82) is 0 Å². The van der Waals surface area contributed by atoms with Gasteiger partial charge < -0.3 is 10.2 Å². The third-order valence-corrected chi connectivity index (χ3v) is 5.53. The van der Waals surface area contributed by atoms with Crippen LogP contribution in [0.4, 0.5) is 5.69 Å². The number of piperazine rings is 1. The molecule has 25 heavy (non-hydrogen) atoms.